The molecule has 8 nitrogen and oxygen atoms in total. The maximum Gasteiger partial charge on any atom is 0.277 e. The highest BCUT2D eigenvalue weighted by atomic mass is 35.5. The van der Waals surface area contributed by atoms with Gasteiger partial charge in [0.25, 0.3) is 23.6 Å². The SMILES string of the molecule is Cc1cc(NC2=CC(=O)N(CCO)C2=O)ccc1N1C(=O)c2ccc(Cl)cc2C1=O. The standard InChI is InChI=1S/C21H16ClN3O5/c1-11-8-13(23-16-10-18(27)24(6-7-26)21(16)30)3-5-17(11)25-19(28)14-4-2-12(22)9-15(14)20(25)29/h2-5,8-10,23,26H,6-7H2,1H3. The van der Waals surface area contributed by atoms with Gasteiger partial charge in [0.2, 0.25) is 0 Å². The molecule has 152 valence electrons. The Labute approximate surface area is 176 Å². The summed E-state index contributed by atoms with van der Waals surface area (Å²) in [4.78, 5) is 51.7. The minimum absolute atomic E-state index is 0.0796. The second-order valence-electron chi connectivity index (χ2n) is 6.84. The molecule has 0 aromatic heterocycles. The summed E-state index contributed by atoms with van der Waals surface area (Å²) in [5.74, 6) is -1.93. The molecule has 0 fully saturated rings. The van der Waals surface area contributed by atoms with E-state index in [1.54, 1.807) is 31.2 Å². The summed E-state index contributed by atoms with van der Waals surface area (Å²) in [6.07, 6.45) is 1.16. The molecule has 0 radical (unpaired) electrons. The summed E-state index contributed by atoms with van der Waals surface area (Å²) in [5, 5.41) is 12.2. The van der Waals surface area contributed by atoms with Crippen molar-refractivity contribution in [1.29, 1.82) is 0 Å². The average Bonchev–Trinajstić information content (AvgIpc) is 3.10. The molecule has 9 heteroatoms. The van der Waals surface area contributed by atoms with E-state index in [9.17, 15) is 19.2 Å². The Morgan fingerprint density at radius 2 is 1.70 bits per heavy atom. The van der Waals surface area contributed by atoms with Crippen LogP contribution in [-0.4, -0.2) is 46.8 Å². The largest absolute Gasteiger partial charge is 0.395 e. The van der Waals surface area contributed by atoms with Crippen LogP contribution in [0.25, 0.3) is 0 Å². The van der Waals surface area contributed by atoms with Crippen molar-refractivity contribution in [3.05, 3.63) is 69.9 Å². The number of carbonyl (C=O) groups excluding carboxylic acids is 4. The first-order valence-corrected chi connectivity index (χ1v) is 9.44. The lowest BCUT2D eigenvalue weighted by Crippen LogP contribution is -2.34. The number of nitrogens with one attached hydrogen (secondary N) is 1. The quantitative estimate of drug-likeness (QED) is 0.710. The monoisotopic (exact) mass is 425 g/mol. The maximum absolute atomic E-state index is 12.8. The average molecular weight is 426 g/mol. The van der Waals surface area contributed by atoms with Gasteiger partial charge in [-0.25, -0.2) is 4.90 Å². The molecule has 0 saturated carbocycles. The van der Waals surface area contributed by atoms with Crippen LogP contribution in [0, 0.1) is 6.92 Å². The molecular formula is C21H16ClN3O5. The lowest BCUT2D eigenvalue weighted by molar-refractivity contribution is -0.137. The van der Waals surface area contributed by atoms with Gasteiger partial charge in [-0.05, 0) is 48.9 Å². The van der Waals surface area contributed by atoms with E-state index in [1.165, 1.54) is 12.1 Å². The number of benzene rings is 2. The Balaban J connectivity index is 1.59. The van der Waals surface area contributed by atoms with Gasteiger partial charge < -0.3 is 10.4 Å². The number of halogens is 1. The lowest BCUT2D eigenvalue weighted by atomic mass is 10.1. The molecule has 2 aromatic rings. The molecule has 2 N–H and O–H groups in total. The van der Waals surface area contributed by atoms with Gasteiger partial charge in [-0.3, -0.25) is 24.1 Å². The molecule has 0 spiro atoms. The second kappa shape index (κ2) is 7.40. The van der Waals surface area contributed by atoms with Crippen molar-refractivity contribution in [3.8, 4) is 0 Å². The van der Waals surface area contributed by atoms with Crippen molar-refractivity contribution in [2.75, 3.05) is 23.4 Å². The molecule has 4 amide bonds. The zero-order chi connectivity index (χ0) is 21.6. The number of β-amino-alcohol motifs (C(OH)–C–C–N with tert-alkyl or cyclic N) is 1. The fraction of sp³-hybridized carbons (Fsp3) is 0.143. The van der Waals surface area contributed by atoms with E-state index in [0.717, 1.165) is 15.9 Å². The van der Waals surface area contributed by atoms with Crippen LogP contribution in [-0.2, 0) is 9.59 Å². The highest BCUT2D eigenvalue weighted by molar-refractivity contribution is 6.37. The molecule has 4 rings (SSSR count). The van der Waals surface area contributed by atoms with Crippen LogP contribution in [0.5, 0.6) is 0 Å². The smallest absolute Gasteiger partial charge is 0.277 e. The van der Waals surface area contributed by atoms with Crippen molar-refractivity contribution < 1.29 is 24.3 Å². The number of imide groups is 2. The number of aliphatic hydroxyl groups is 1. The Bertz CT molecular complexity index is 1160. The van der Waals surface area contributed by atoms with Crippen LogP contribution in [0.2, 0.25) is 5.02 Å². The van der Waals surface area contributed by atoms with E-state index < -0.39 is 23.6 Å². The topological polar surface area (TPSA) is 107 Å². The van der Waals surface area contributed by atoms with E-state index in [-0.39, 0.29) is 30.0 Å². The third-order valence-electron chi connectivity index (χ3n) is 4.90. The summed E-state index contributed by atoms with van der Waals surface area (Å²) in [5.41, 5.74) is 2.15. The van der Waals surface area contributed by atoms with Crippen molar-refractivity contribution in [2.24, 2.45) is 0 Å². The van der Waals surface area contributed by atoms with Crippen LogP contribution in [0.1, 0.15) is 26.3 Å². The Morgan fingerprint density at radius 3 is 2.40 bits per heavy atom. The molecular weight excluding hydrogens is 410 g/mol. The minimum Gasteiger partial charge on any atom is -0.395 e. The van der Waals surface area contributed by atoms with Gasteiger partial charge in [-0.2, -0.15) is 0 Å². The van der Waals surface area contributed by atoms with Crippen LogP contribution in [0.3, 0.4) is 0 Å². The Hall–Kier alpha value is -3.49. The zero-order valence-electron chi connectivity index (χ0n) is 15.8. The second-order valence-corrected chi connectivity index (χ2v) is 7.27. The molecule has 2 heterocycles. The van der Waals surface area contributed by atoms with Gasteiger partial charge in [0.05, 0.1) is 30.0 Å². The normalized spacial score (nSPS) is 15.8. The van der Waals surface area contributed by atoms with E-state index in [0.29, 0.717) is 22.0 Å². The number of carbonyl (C=O) groups is 4. The van der Waals surface area contributed by atoms with Gasteiger partial charge in [0.15, 0.2) is 0 Å². The third-order valence-corrected chi connectivity index (χ3v) is 5.13. The first kappa shape index (κ1) is 19.8. The predicted molar refractivity (Wildman–Crippen MR) is 109 cm³/mol. The Kier molecular flexibility index (Phi) is 4.89. The van der Waals surface area contributed by atoms with Crippen molar-refractivity contribution in [1.82, 2.24) is 4.90 Å². The summed E-state index contributed by atoms with van der Waals surface area (Å²) < 4.78 is 0. The van der Waals surface area contributed by atoms with Gasteiger partial charge in [0.1, 0.15) is 5.70 Å². The number of amides is 4. The number of rotatable bonds is 5. The van der Waals surface area contributed by atoms with Gasteiger partial charge in [0, 0.05) is 16.8 Å². The van der Waals surface area contributed by atoms with E-state index >= 15 is 0 Å². The molecule has 0 aliphatic carbocycles. The molecule has 2 aliphatic rings. The van der Waals surface area contributed by atoms with Crippen molar-refractivity contribution in [3.63, 3.8) is 0 Å². The molecule has 2 aromatic carbocycles. The number of fused-ring (bicyclic) bond motifs is 1. The van der Waals surface area contributed by atoms with E-state index in [2.05, 4.69) is 5.32 Å². The van der Waals surface area contributed by atoms with Crippen LogP contribution < -0.4 is 10.2 Å². The first-order chi connectivity index (χ1) is 14.3. The third kappa shape index (κ3) is 3.16. The fourth-order valence-corrected chi connectivity index (χ4v) is 3.65. The first-order valence-electron chi connectivity index (χ1n) is 9.06. The zero-order valence-corrected chi connectivity index (χ0v) is 16.6. The molecule has 0 saturated heterocycles. The van der Waals surface area contributed by atoms with Gasteiger partial charge >= 0.3 is 0 Å². The van der Waals surface area contributed by atoms with Crippen LogP contribution >= 0.6 is 11.6 Å². The van der Waals surface area contributed by atoms with Gasteiger partial charge in [-0.1, -0.05) is 11.6 Å². The Morgan fingerprint density at radius 1 is 0.967 bits per heavy atom. The van der Waals surface area contributed by atoms with E-state index in [4.69, 9.17) is 16.7 Å². The number of aryl methyl sites for hydroxylation is 1. The lowest BCUT2D eigenvalue weighted by Gasteiger charge is -2.18. The van der Waals surface area contributed by atoms with Crippen molar-refractivity contribution in [2.45, 2.75) is 6.92 Å². The fourth-order valence-electron chi connectivity index (χ4n) is 3.48. The molecule has 30 heavy (non-hydrogen) atoms. The summed E-state index contributed by atoms with van der Waals surface area (Å²) in [7, 11) is 0. The van der Waals surface area contributed by atoms with Crippen molar-refractivity contribution >= 4 is 46.6 Å². The maximum atomic E-state index is 12.8. The number of anilines is 2. The van der Waals surface area contributed by atoms with E-state index in [1.807, 2.05) is 0 Å². The molecule has 2 aliphatic heterocycles. The predicted octanol–water partition coefficient (Wildman–Crippen LogP) is 2.11. The number of nitrogens with zero attached hydrogens (tertiary/aromatic N) is 2. The molecule has 0 bridgehead atoms. The summed E-state index contributed by atoms with van der Waals surface area (Å²) >= 11 is 5.95. The highest BCUT2D eigenvalue weighted by Crippen LogP contribution is 2.33. The van der Waals surface area contributed by atoms with Crippen LogP contribution in [0.4, 0.5) is 11.4 Å². The minimum atomic E-state index is -0.534. The number of aliphatic hydroxyl groups excluding tert-OH is 1. The summed E-state index contributed by atoms with van der Waals surface area (Å²) in [6.45, 7) is 1.32. The van der Waals surface area contributed by atoms with Crippen LogP contribution in [0.15, 0.2) is 48.2 Å². The number of hydrogen-bond acceptors (Lipinski definition) is 6. The molecule has 0 unspecified atom stereocenters. The van der Waals surface area contributed by atoms with Gasteiger partial charge in [-0.15, -0.1) is 0 Å². The molecule has 0 atom stereocenters. The highest BCUT2D eigenvalue weighted by Gasteiger charge is 2.37. The summed E-state index contributed by atoms with van der Waals surface area (Å²) in [6, 6.07) is 9.41. The number of hydrogen-bond donors (Lipinski definition) is 2.